The van der Waals surface area contributed by atoms with Gasteiger partial charge in [-0.25, -0.2) is 0 Å². The van der Waals surface area contributed by atoms with Crippen molar-refractivity contribution in [3.63, 3.8) is 0 Å². The van der Waals surface area contributed by atoms with Crippen molar-refractivity contribution in [1.82, 2.24) is 0 Å². The molecule has 0 radical (unpaired) electrons. The van der Waals surface area contributed by atoms with Crippen LogP contribution in [0.1, 0.15) is 5.56 Å². The predicted molar refractivity (Wildman–Crippen MR) is 81.7 cm³/mol. The third-order valence-electron chi connectivity index (χ3n) is 2.67. The van der Waals surface area contributed by atoms with Gasteiger partial charge in [-0.15, -0.1) is 0 Å². The fourth-order valence-corrected chi connectivity index (χ4v) is 3.21. The number of hydrogen-bond donors (Lipinski definition) is 1. The van der Waals surface area contributed by atoms with E-state index in [1.165, 1.54) is 0 Å². The van der Waals surface area contributed by atoms with Gasteiger partial charge in [0.15, 0.2) is 0 Å². The number of nitrogen functional groups attached to an aromatic ring is 1. The molecule has 0 fully saturated rings. The Labute approximate surface area is 123 Å². The summed E-state index contributed by atoms with van der Waals surface area (Å²) >= 11 is 3.34. The van der Waals surface area contributed by atoms with Crippen molar-refractivity contribution in [3.05, 3.63) is 52.5 Å². The summed E-state index contributed by atoms with van der Waals surface area (Å²) in [4.78, 5) is 0.700. The molecule has 1 unspecified atom stereocenters. The molecule has 0 amide bonds. The number of benzene rings is 2. The molecule has 2 N–H and O–H groups in total. The van der Waals surface area contributed by atoms with Gasteiger partial charge in [0.05, 0.1) is 28.6 Å². The Balaban J connectivity index is 2.23. The lowest BCUT2D eigenvalue weighted by atomic mass is 10.2. The van der Waals surface area contributed by atoms with Crippen molar-refractivity contribution in [3.8, 4) is 5.75 Å². The van der Waals surface area contributed by atoms with Crippen LogP contribution in [0, 0.1) is 0 Å². The Morgan fingerprint density at radius 2 is 2.00 bits per heavy atom. The maximum Gasteiger partial charge on any atom is 0.134 e. The van der Waals surface area contributed by atoms with E-state index in [0.717, 1.165) is 10.0 Å². The average molecular weight is 340 g/mol. The number of anilines is 1. The second-order valence-corrected chi connectivity index (χ2v) is 6.27. The molecule has 0 aliphatic carbocycles. The smallest absolute Gasteiger partial charge is 0.134 e. The zero-order valence-corrected chi connectivity index (χ0v) is 12.8. The van der Waals surface area contributed by atoms with Gasteiger partial charge in [-0.3, -0.25) is 4.21 Å². The molecule has 0 aliphatic heterocycles. The van der Waals surface area contributed by atoms with Crippen LogP contribution in [-0.4, -0.2) is 11.3 Å². The first kappa shape index (κ1) is 14.1. The highest BCUT2D eigenvalue weighted by Gasteiger charge is 2.11. The Hall–Kier alpha value is -1.33. The normalized spacial score (nSPS) is 12.1. The van der Waals surface area contributed by atoms with Crippen LogP contribution in [0.4, 0.5) is 5.69 Å². The van der Waals surface area contributed by atoms with E-state index in [1.54, 1.807) is 7.11 Å². The van der Waals surface area contributed by atoms with Crippen molar-refractivity contribution < 1.29 is 8.95 Å². The minimum absolute atomic E-state index is 0.415. The van der Waals surface area contributed by atoms with E-state index >= 15 is 0 Å². The van der Waals surface area contributed by atoms with Crippen LogP contribution in [0.5, 0.6) is 5.75 Å². The molecule has 0 bridgehead atoms. The van der Waals surface area contributed by atoms with E-state index in [2.05, 4.69) is 15.9 Å². The van der Waals surface area contributed by atoms with Crippen LogP contribution in [0.2, 0.25) is 0 Å². The fourth-order valence-electron chi connectivity index (χ4n) is 1.72. The molecule has 0 heterocycles. The van der Waals surface area contributed by atoms with Gasteiger partial charge in [0.25, 0.3) is 0 Å². The molecule has 0 aliphatic rings. The van der Waals surface area contributed by atoms with Gasteiger partial charge in [0.1, 0.15) is 5.75 Å². The van der Waals surface area contributed by atoms with Crippen LogP contribution in [0.15, 0.2) is 51.8 Å². The molecule has 2 aromatic carbocycles. The number of nitrogens with two attached hydrogens (primary N) is 1. The van der Waals surface area contributed by atoms with Crippen LogP contribution in [0.3, 0.4) is 0 Å². The van der Waals surface area contributed by atoms with Crippen molar-refractivity contribution in [2.24, 2.45) is 0 Å². The second-order valence-electron chi connectivity index (χ2n) is 4.00. The summed E-state index contributed by atoms with van der Waals surface area (Å²) in [5.41, 5.74) is 7.40. The Morgan fingerprint density at radius 3 is 2.68 bits per heavy atom. The number of methoxy groups -OCH3 is 1. The highest BCUT2D eigenvalue weighted by molar-refractivity contribution is 9.10. The van der Waals surface area contributed by atoms with Gasteiger partial charge in [-0.05, 0) is 45.8 Å². The molecule has 0 aromatic heterocycles. The lowest BCUT2D eigenvalue weighted by Gasteiger charge is -2.08. The molecule has 100 valence electrons. The summed E-state index contributed by atoms with van der Waals surface area (Å²) in [7, 11) is 0.420. The first-order chi connectivity index (χ1) is 9.11. The van der Waals surface area contributed by atoms with Crippen molar-refractivity contribution in [2.45, 2.75) is 10.6 Å². The Bertz CT molecular complexity index is 616. The highest BCUT2D eigenvalue weighted by Crippen LogP contribution is 2.25. The largest absolute Gasteiger partial charge is 0.495 e. The molecule has 2 rings (SSSR count). The van der Waals surface area contributed by atoms with Gasteiger partial charge in [-0.2, -0.15) is 0 Å². The summed E-state index contributed by atoms with van der Waals surface area (Å²) in [6.07, 6.45) is 0. The monoisotopic (exact) mass is 339 g/mol. The number of hydrogen-bond acceptors (Lipinski definition) is 3. The maximum absolute atomic E-state index is 12.4. The molecular weight excluding hydrogens is 326 g/mol. The molecule has 1 atom stereocenters. The van der Waals surface area contributed by atoms with E-state index in [4.69, 9.17) is 10.5 Å². The number of rotatable bonds is 4. The van der Waals surface area contributed by atoms with E-state index < -0.39 is 10.8 Å². The minimum Gasteiger partial charge on any atom is -0.495 e. The standard InChI is InChI=1S/C14H14BrNO2S/c1-18-13-4-2-3-5-14(13)19(17)9-10-6-7-11(15)12(16)8-10/h2-8H,9,16H2,1H3. The topological polar surface area (TPSA) is 52.3 Å². The maximum atomic E-state index is 12.4. The zero-order chi connectivity index (χ0) is 13.8. The minimum atomic E-state index is -1.16. The Kier molecular flexibility index (Phi) is 4.61. The van der Waals surface area contributed by atoms with Gasteiger partial charge in [-0.1, -0.05) is 18.2 Å². The summed E-state index contributed by atoms with van der Waals surface area (Å²) in [5.74, 6) is 1.06. The van der Waals surface area contributed by atoms with E-state index in [0.29, 0.717) is 22.1 Å². The van der Waals surface area contributed by atoms with Crippen LogP contribution in [-0.2, 0) is 16.6 Å². The molecule has 3 nitrogen and oxygen atoms in total. The molecule has 0 saturated heterocycles. The quantitative estimate of drug-likeness (QED) is 0.869. The molecule has 5 heteroatoms. The SMILES string of the molecule is COc1ccccc1S(=O)Cc1ccc(Br)c(N)c1. The van der Waals surface area contributed by atoms with E-state index in [9.17, 15) is 4.21 Å². The van der Waals surface area contributed by atoms with Crippen LogP contribution in [0.25, 0.3) is 0 Å². The first-order valence-electron chi connectivity index (χ1n) is 5.67. The Morgan fingerprint density at radius 1 is 1.26 bits per heavy atom. The zero-order valence-electron chi connectivity index (χ0n) is 10.4. The van der Waals surface area contributed by atoms with Crippen molar-refractivity contribution >= 4 is 32.4 Å². The molecule has 0 spiro atoms. The average Bonchev–Trinajstić information content (AvgIpc) is 2.43. The first-order valence-corrected chi connectivity index (χ1v) is 7.78. The van der Waals surface area contributed by atoms with Gasteiger partial charge >= 0.3 is 0 Å². The molecule has 19 heavy (non-hydrogen) atoms. The molecular formula is C14H14BrNO2S. The third kappa shape index (κ3) is 3.36. The molecule has 2 aromatic rings. The fraction of sp³-hybridized carbons (Fsp3) is 0.143. The van der Waals surface area contributed by atoms with Crippen LogP contribution >= 0.6 is 15.9 Å². The lowest BCUT2D eigenvalue weighted by Crippen LogP contribution is -2.00. The predicted octanol–water partition coefficient (Wildman–Crippen LogP) is 3.35. The van der Waals surface area contributed by atoms with Gasteiger partial charge in [0.2, 0.25) is 0 Å². The third-order valence-corrected chi connectivity index (χ3v) is 4.82. The second kappa shape index (κ2) is 6.21. The van der Waals surface area contributed by atoms with Crippen molar-refractivity contribution in [2.75, 3.05) is 12.8 Å². The number of halogens is 1. The molecule has 0 saturated carbocycles. The number of para-hydroxylation sites is 1. The number of ether oxygens (including phenoxy) is 1. The summed E-state index contributed by atoms with van der Waals surface area (Å²) < 4.78 is 18.4. The summed E-state index contributed by atoms with van der Waals surface area (Å²) in [6.45, 7) is 0. The van der Waals surface area contributed by atoms with Crippen LogP contribution < -0.4 is 10.5 Å². The highest BCUT2D eigenvalue weighted by atomic mass is 79.9. The summed E-state index contributed by atoms with van der Waals surface area (Å²) in [6, 6.07) is 12.9. The summed E-state index contributed by atoms with van der Waals surface area (Å²) in [5, 5.41) is 0. The van der Waals surface area contributed by atoms with Crippen molar-refractivity contribution in [1.29, 1.82) is 0 Å². The van der Waals surface area contributed by atoms with E-state index in [1.807, 2.05) is 42.5 Å². The van der Waals surface area contributed by atoms with E-state index in [-0.39, 0.29) is 0 Å². The van der Waals surface area contributed by atoms with Gasteiger partial charge < -0.3 is 10.5 Å². The lowest BCUT2D eigenvalue weighted by molar-refractivity contribution is 0.404. The van der Waals surface area contributed by atoms with Gasteiger partial charge in [0, 0.05) is 10.2 Å².